The minimum Gasteiger partial charge on any atom is -0.393 e. The van der Waals surface area contributed by atoms with E-state index in [9.17, 15) is 5.11 Å². The molecule has 2 aromatic heterocycles. The standard InChI is InChI=1S/C16H19N3OS/c20-12-8-16(9-12,13-2-1-7-21-13)15-18-17-14(10-3-4-10)19(15)11-5-6-11/h1-2,7,10-12,20H,3-6,8-9H2. The van der Waals surface area contributed by atoms with E-state index in [1.165, 1.54) is 36.4 Å². The lowest BCUT2D eigenvalue weighted by molar-refractivity contribution is 0.0334. The van der Waals surface area contributed by atoms with Gasteiger partial charge in [-0.15, -0.1) is 21.5 Å². The topological polar surface area (TPSA) is 50.9 Å². The molecule has 0 bridgehead atoms. The average Bonchev–Trinajstić information content (AvgIpc) is 3.37. The summed E-state index contributed by atoms with van der Waals surface area (Å²) in [5, 5.41) is 21.3. The number of thiophene rings is 1. The van der Waals surface area contributed by atoms with Gasteiger partial charge in [-0.25, -0.2) is 0 Å². The van der Waals surface area contributed by atoms with Gasteiger partial charge in [0, 0.05) is 16.8 Å². The van der Waals surface area contributed by atoms with Gasteiger partial charge in [0.15, 0.2) is 0 Å². The van der Waals surface area contributed by atoms with Crippen LogP contribution in [0.5, 0.6) is 0 Å². The maximum atomic E-state index is 9.96. The van der Waals surface area contributed by atoms with E-state index < -0.39 is 0 Å². The van der Waals surface area contributed by atoms with Crippen LogP contribution in [-0.2, 0) is 5.41 Å². The van der Waals surface area contributed by atoms with E-state index in [-0.39, 0.29) is 11.5 Å². The fourth-order valence-electron chi connectivity index (χ4n) is 3.73. The molecule has 0 atom stereocenters. The van der Waals surface area contributed by atoms with Gasteiger partial charge in [0.25, 0.3) is 0 Å². The number of aromatic nitrogens is 3. The summed E-state index contributed by atoms with van der Waals surface area (Å²) in [6.45, 7) is 0. The summed E-state index contributed by atoms with van der Waals surface area (Å²) in [6, 6.07) is 4.91. The molecule has 0 aromatic carbocycles. The van der Waals surface area contributed by atoms with Gasteiger partial charge in [-0.3, -0.25) is 0 Å². The Kier molecular flexibility index (Phi) is 2.45. The summed E-state index contributed by atoms with van der Waals surface area (Å²) >= 11 is 1.78. The molecule has 3 aliphatic rings. The predicted molar refractivity (Wildman–Crippen MR) is 80.6 cm³/mol. The van der Waals surface area contributed by atoms with Crippen LogP contribution in [0, 0.1) is 0 Å². The first-order valence-corrected chi connectivity index (χ1v) is 8.83. The van der Waals surface area contributed by atoms with Gasteiger partial charge in [0.05, 0.1) is 11.5 Å². The van der Waals surface area contributed by atoms with Gasteiger partial charge in [-0.2, -0.15) is 0 Å². The number of hydrogen-bond acceptors (Lipinski definition) is 4. The van der Waals surface area contributed by atoms with Crippen molar-refractivity contribution in [1.82, 2.24) is 14.8 Å². The van der Waals surface area contributed by atoms with Gasteiger partial charge in [-0.1, -0.05) is 6.07 Å². The van der Waals surface area contributed by atoms with E-state index in [0.29, 0.717) is 12.0 Å². The molecule has 3 fully saturated rings. The minimum absolute atomic E-state index is 0.0870. The Bertz CT molecular complexity index is 664. The van der Waals surface area contributed by atoms with Gasteiger partial charge >= 0.3 is 0 Å². The van der Waals surface area contributed by atoms with Gasteiger partial charge in [-0.05, 0) is 50.0 Å². The molecule has 2 aromatic rings. The van der Waals surface area contributed by atoms with E-state index >= 15 is 0 Å². The van der Waals surface area contributed by atoms with Crippen LogP contribution in [0.25, 0.3) is 0 Å². The van der Waals surface area contributed by atoms with E-state index in [2.05, 4.69) is 32.3 Å². The largest absolute Gasteiger partial charge is 0.393 e. The second kappa shape index (κ2) is 4.17. The van der Waals surface area contributed by atoms with Crippen LogP contribution >= 0.6 is 11.3 Å². The zero-order chi connectivity index (χ0) is 14.0. The van der Waals surface area contributed by atoms with E-state index in [1.54, 1.807) is 11.3 Å². The van der Waals surface area contributed by atoms with Crippen LogP contribution in [0.4, 0.5) is 0 Å². The average molecular weight is 301 g/mol. The van der Waals surface area contributed by atoms with Crippen molar-refractivity contribution in [2.75, 3.05) is 0 Å². The molecule has 4 nitrogen and oxygen atoms in total. The molecule has 0 aliphatic heterocycles. The molecule has 3 saturated carbocycles. The molecule has 0 spiro atoms. The molecule has 0 unspecified atom stereocenters. The predicted octanol–water partition coefficient (Wildman–Crippen LogP) is 2.99. The van der Waals surface area contributed by atoms with Crippen molar-refractivity contribution in [3.05, 3.63) is 34.0 Å². The van der Waals surface area contributed by atoms with Gasteiger partial charge < -0.3 is 9.67 Å². The third-order valence-electron chi connectivity index (χ3n) is 5.17. The number of nitrogens with zero attached hydrogens (tertiary/aromatic N) is 3. The third kappa shape index (κ3) is 1.77. The Morgan fingerprint density at radius 2 is 2.00 bits per heavy atom. The summed E-state index contributed by atoms with van der Waals surface area (Å²) in [6.07, 6.45) is 6.44. The third-order valence-corrected chi connectivity index (χ3v) is 6.24. The van der Waals surface area contributed by atoms with Crippen molar-refractivity contribution in [3.8, 4) is 0 Å². The smallest absolute Gasteiger partial charge is 0.145 e. The normalized spacial score (nSPS) is 32.1. The van der Waals surface area contributed by atoms with Crippen LogP contribution in [0.15, 0.2) is 17.5 Å². The Hall–Kier alpha value is -1.20. The fraction of sp³-hybridized carbons (Fsp3) is 0.625. The monoisotopic (exact) mass is 301 g/mol. The first-order valence-electron chi connectivity index (χ1n) is 7.95. The summed E-state index contributed by atoms with van der Waals surface area (Å²) < 4.78 is 2.45. The molecule has 110 valence electrons. The lowest BCUT2D eigenvalue weighted by Gasteiger charge is -2.44. The summed E-state index contributed by atoms with van der Waals surface area (Å²) in [5.74, 6) is 2.97. The quantitative estimate of drug-likeness (QED) is 0.944. The van der Waals surface area contributed by atoms with Crippen molar-refractivity contribution in [2.24, 2.45) is 0 Å². The minimum atomic E-state index is -0.194. The van der Waals surface area contributed by atoms with Crippen LogP contribution in [-0.4, -0.2) is 26.0 Å². The molecular formula is C16H19N3OS. The molecule has 5 rings (SSSR count). The maximum absolute atomic E-state index is 9.96. The van der Waals surface area contributed by atoms with E-state index in [4.69, 9.17) is 0 Å². The molecule has 1 N–H and O–H groups in total. The number of rotatable bonds is 4. The number of hydrogen-bond donors (Lipinski definition) is 1. The van der Waals surface area contributed by atoms with Crippen molar-refractivity contribution < 1.29 is 5.11 Å². The highest BCUT2D eigenvalue weighted by atomic mass is 32.1. The van der Waals surface area contributed by atoms with Crippen LogP contribution < -0.4 is 0 Å². The van der Waals surface area contributed by atoms with Gasteiger partial charge in [0.2, 0.25) is 0 Å². The van der Waals surface area contributed by atoms with Crippen LogP contribution in [0.3, 0.4) is 0 Å². The SMILES string of the molecule is OC1CC(c2cccs2)(c2nnc(C3CC3)n2C2CC2)C1. The Balaban J connectivity index is 1.65. The summed E-state index contributed by atoms with van der Waals surface area (Å²) in [7, 11) is 0. The first-order chi connectivity index (χ1) is 10.3. The first kappa shape index (κ1) is 12.4. The molecule has 0 saturated heterocycles. The second-order valence-electron chi connectivity index (χ2n) is 6.88. The highest BCUT2D eigenvalue weighted by Gasteiger charge is 2.52. The highest BCUT2D eigenvalue weighted by Crippen LogP contribution is 2.53. The maximum Gasteiger partial charge on any atom is 0.145 e. The zero-order valence-electron chi connectivity index (χ0n) is 11.9. The lowest BCUT2D eigenvalue weighted by Crippen LogP contribution is -2.47. The van der Waals surface area contributed by atoms with E-state index in [1.807, 2.05) is 0 Å². The molecule has 21 heavy (non-hydrogen) atoms. The molecule has 0 amide bonds. The summed E-state index contributed by atoms with van der Waals surface area (Å²) in [5.41, 5.74) is -0.0870. The Morgan fingerprint density at radius 3 is 2.57 bits per heavy atom. The Morgan fingerprint density at radius 1 is 1.19 bits per heavy atom. The molecule has 3 aliphatic carbocycles. The number of aliphatic hydroxyl groups is 1. The van der Waals surface area contributed by atoms with Crippen LogP contribution in [0.2, 0.25) is 0 Å². The molecule has 5 heteroatoms. The molecular weight excluding hydrogens is 282 g/mol. The van der Waals surface area contributed by atoms with Gasteiger partial charge in [0.1, 0.15) is 11.6 Å². The Labute approximate surface area is 127 Å². The molecule has 0 radical (unpaired) electrons. The van der Waals surface area contributed by atoms with Crippen molar-refractivity contribution in [2.45, 2.75) is 62.0 Å². The zero-order valence-corrected chi connectivity index (χ0v) is 12.7. The van der Waals surface area contributed by atoms with Crippen molar-refractivity contribution in [1.29, 1.82) is 0 Å². The fourth-order valence-corrected chi connectivity index (χ4v) is 4.68. The van der Waals surface area contributed by atoms with Crippen molar-refractivity contribution >= 4 is 11.3 Å². The molecule has 2 heterocycles. The highest BCUT2D eigenvalue weighted by molar-refractivity contribution is 7.10. The lowest BCUT2D eigenvalue weighted by atomic mass is 9.65. The second-order valence-corrected chi connectivity index (χ2v) is 7.83. The summed E-state index contributed by atoms with van der Waals surface area (Å²) in [4.78, 5) is 1.34. The van der Waals surface area contributed by atoms with Crippen LogP contribution in [0.1, 0.15) is 67.0 Å². The van der Waals surface area contributed by atoms with E-state index in [0.717, 1.165) is 18.7 Å². The number of aliphatic hydroxyl groups excluding tert-OH is 1. The van der Waals surface area contributed by atoms with Crippen molar-refractivity contribution in [3.63, 3.8) is 0 Å².